The zero-order valence-electron chi connectivity index (χ0n) is 24.9. The lowest BCUT2D eigenvalue weighted by molar-refractivity contribution is -0.0505. The van der Waals surface area contributed by atoms with E-state index in [2.05, 4.69) is 83.7 Å². The average molecular weight is 624 g/mol. The number of carbonyl (C=O) groups is 2. The molecule has 0 saturated heterocycles. The molecular weight excluding hydrogens is 580 g/mol. The minimum Gasteiger partial charge on any atom is -0.496 e. The second-order valence-corrected chi connectivity index (χ2v) is 23.6. The van der Waals surface area contributed by atoms with Crippen LogP contribution in [0, 0.1) is 0 Å². The van der Waals surface area contributed by atoms with Gasteiger partial charge in [-0.15, -0.1) is 0 Å². The fourth-order valence-electron chi connectivity index (χ4n) is 4.06. The van der Waals surface area contributed by atoms with E-state index in [4.69, 9.17) is 18.3 Å². The highest BCUT2D eigenvalue weighted by atomic mass is 79.9. The molecule has 0 bridgehead atoms. The van der Waals surface area contributed by atoms with Crippen molar-refractivity contribution < 1.29 is 27.9 Å². The van der Waals surface area contributed by atoms with E-state index in [0.29, 0.717) is 17.1 Å². The predicted octanol–water partition coefficient (Wildman–Crippen LogP) is 7.81. The fraction of sp³-hybridized carbons (Fsp3) is 0.586. The molecule has 38 heavy (non-hydrogen) atoms. The Bertz CT molecular complexity index is 1190. The number of fused-ring (bicyclic) bond motifs is 1. The van der Waals surface area contributed by atoms with E-state index in [1.165, 1.54) is 7.11 Å². The number of ether oxygens (including phenoxy) is 2. The lowest BCUT2D eigenvalue weighted by atomic mass is 9.86. The molecule has 0 N–H and O–H groups in total. The Morgan fingerprint density at radius 1 is 0.895 bits per heavy atom. The van der Waals surface area contributed by atoms with Gasteiger partial charge in [0.25, 0.3) is 0 Å². The zero-order chi connectivity index (χ0) is 29.0. The average Bonchev–Trinajstić information content (AvgIpc) is 2.77. The Morgan fingerprint density at radius 3 is 1.97 bits per heavy atom. The number of benzene rings is 1. The van der Waals surface area contributed by atoms with Crippen LogP contribution in [0.2, 0.25) is 36.3 Å². The molecule has 1 aromatic rings. The molecule has 1 heterocycles. The maximum absolute atomic E-state index is 13.9. The number of halogens is 1. The van der Waals surface area contributed by atoms with Gasteiger partial charge in [-0.2, -0.15) is 0 Å². The number of rotatable bonds is 6. The molecule has 2 aliphatic rings. The summed E-state index contributed by atoms with van der Waals surface area (Å²) in [6, 6.07) is 5.03. The van der Waals surface area contributed by atoms with Gasteiger partial charge in [0, 0.05) is 5.56 Å². The topological polar surface area (TPSA) is 71.1 Å². The summed E-state index contributed by atoms with van der Waals surface area (Å²) in [5.41, 5.74) is 0.743. The van der Waals surface area contributed by atoms with Crippen LogP contribution in [0.1, 0.15) is 69.2 Å². The number of allylic oxidation sites excluding steroid dienone is 2. The molecule has 0 saturated carbocycles. The van der Waals surface area contributed by atoms with Crippen LogP contribution in [0.4, 0.5) is 0 Å². The van der Waals surface area contributed by atoms with Gasteiger partial charge in [0.2, 0.25) is 11.6 Å². The Labute approximate surface area is 238 Å². The van der Waals surface area contributed by atoms with Gasteiger partial charge in [0.15, 0.2) is 16.6 Å². The summed E-state index contributed by atoms with van der Waals surface area (Å²) in [5.74, 6) is 0.0819. The van der Waals surface area contributed by atoms with Crippen molar-refractivity contribution in [3.63, 3.8) is 0 Å². The van der Waals surface area contributed by atoms with Crippen LogP contribution in [0.3, 0.4) is 0 Å². The van der Waals surface area contributed by atoms with E-state index in [0.717, 1.165) is 0 Å². The van der Waals surface area contributed by atoms with Crippen molar-refractivity contribution in [2.45, 2.75) is 103 Å². The molecule has 1 aromatic carbocycles. The Kier molecular flexibility index (Phi) is 8.54. The highest BCUT2D eigenvalue weighted by molar-refractivity contribution is 9.12. The van der Waals surface area contributed by atoms with Crippen molar-refractivity contribution >= 4 is 44.1 Å². The monoisotopic (exact) mass is 622 g/mol. The highest BCUT2D eigenvalue weighted by Gasteiger charge is 2.48. The van der Waals surface area contributed by atoms with Crippen LogP contribution in [0.5, 0.6) is 5.75 Å². The third kappa shape index (κ3) is 5.68. The predicted molar refractivity (Wildman–Crippen MR) is 160 cm³/mol. The summed E-state index contributed by atoms with van der Waals surface area (Å²) in [6.45, 7) is 24.0. The number of methoxy groups -OCH3 is 1. The first-order chi connectivity index (χ1) is 17.2. The molecule has 1 aliphatic heterocycles. The summed E-state index contributed by atoms with van der Waals surface area (Å²) in [4.78, 5) is 27.2. The van der Waals surface area contributed by atoms with E-state index in [-0.39, 0.29) is 43.4 Å². The molecule has 9 heteroatoms. The number of ketones is 2. The summed E-state index contributed by atoms with van der Waals surface area (Å²) >= 11 is 3.43. The Balaban J connectivity index is 2.15. The second kappa shape index (κ2) is 10.5. The van der Waals surface area contributed by atoms with Gasteiger partial charge in [-0.25, -0.2) is 0 Å². The third-order valence-corrected chi connectivity index (χ3v) is 18.2. The van der Waals surface area contributed by atoms with Gasteiger partial charge in [0.1, 0.15) is 23.7 Å². The van der Waals surface area contributed by atoms with Gasteiger partial charge in [-0.3, -0.25) is 9.59 Å². The minimum absolute atomic E-state index is 0.00416. The van der Waals surface area contributed by atoms with Crippen molar-refractivity contribution in [3.8, 4) is 5.75 Å². The zero-order valence-corrected chi connectivity index (χ0v) is 28.5. The number of Topliss-reactive ketones (excluding diaryl/α,β-unsaturated/α-hetero) is 2. The summed E-state index contributed by atoms with van der Waals surface area (Å²) in [5, 5.41) is -0.0390. The third-order valence-electron chi connectivity index (χ3n) is 8.50. The van der Waals surface area contributed by atoms with Gasteiger partial charge in [-0.1, -0.05) is 47.6 Å². The van der Waals surface area contributed by atoms with Gasteiger partial charge >= 0.3 is 0 Å². The molecular formula is C29H43BrO6Si2. The molecule has 6 nitrogen and oxygen atoms in total. The molecule has 0 radical (unpaired) electrons. The molecule has 0 fully saturated rings. The lowest BCUT2D eigenvalue weighted by Crippen LogP contribution is -2.56. The molecule has 0 spiro atoms. The van der Waals surface area contributed by atoms with Gasteiger partial charge in [-0.05, 0) is 77.3 Å². The molecule has 210 valence electrons. The summed E-state index contributed by atoms with van der Waals surface area (Å²) < 4.78 is 25.9. The van der Waals surface area contributed by atoms with Gasteiger partial charge in [0.05, 0.1) is 28.8 Å². The smallest absolute Gasteiger partial charge is 0.202 e. The molecule has 0 amide bonds. The first-order valence-corrected chi connectivity index (χ1v) is 19.7. The van der Waals surface area contributed by atoms with Gasteiger partial charge < -0.3 is 18.3 Å². The molecule has 0 aromatic heterocycles. The Morgan fingerprint density at radius 2 is 1.45 bits per heavy atom. The minimum atomic E-state index is -2.25. The van der Waals surface area contributed by atoms with E-state index in [9.17, 15) is 9.59 Å². The standard InChI is InChI=1S/C29H43BrO6Si2/c1-17-27(36-38(11,12)29(5,6)7)21(35-37(9,10)28(2,3)4)16-20(34-17)23-24(30)25(31)18-14-13-15-19(33-8)22(18)26(23)32/h13-17,21,27H,1-12H3/t17-,21-,27-/m0/s1. The van der Waals surface area contributed by atoms with Crippen LogP contribution in [0.15, 0.2) is 40.1 Å². The van der Waals surface area contributed by atoms with E-state index in [1.54, 1.807) is 18.2 Å². The second-order valence-electron chi connectivity index (χ2n) is 13.3. The SMILES string of the molecule is COc1cccc2c1C(=O)C(C1=C[C@H](O[Si](C)(C)C(C)(C)C)[C@@H](O[Si](C)(C)C(C)(C)C)[C@H](C)O1)=C(Br)C2=O. The van der Waals surface area contributed by atoms with Crippen molar-refractivity contribution in [1.29, 1.82) is 0 Å². The van der Waals surface area contributed by atoms with Crippen LogP contribution in [-0.2, 0) is 13.6 Å². The first-order valence-electron chi connectivity index (χ1n) is 13.1. The van der Waals surface area contributed by atoms with Crippen LogP contribution in [-0.4, -0.2) is 53.6 Å². The van der Waals surface area contributed by atoms with Crippen molar-refractivity contribution in [2.75, 3.05) is 7.11 Å². The quantitative estimate of drug-likeness (QED) is 0.301. The van der Waals surface area contributed by atoms with Crippen LogP contribution < -0.4 is 4.74 Å². The number of hydrogen-bond donors (Lipinski definition) is 0. The van der Waals surface area contributed by atoms with E-state index in [1.807, 2.05) is 13.0 Å². The maximum atomic E-state index is 13.9. The largest absolute Gasteiger partial charge is 0.496 e. The van der Waals surface area contributed by atoms with E-state index < -0.39 is 28.8 Å². The lowest BCUT2D eigenvalue weighted by Gasteiger charge is -2.47. The Hall–Kier alpha value is -1.53. The molecule has 3 rings (SSSR count). The summed E-state index contributed by atoms with van der Waals surface area (Å²) in [7, 11) is -2.95. The normalized spacial score (nSPS) is 23.2. The van der Waals surface area contributed by atoms with Crippen molar-refractivity contribution in [2.24, 2.45) is 0 Å². The number of carbonyl (C=O) groups excluding carboxylic acids is 2. The van der Waals surface area contributed by atoms with Crippen LogP contribution in [0.25, 0.3) is 0 Å². The van der Waals surface area contributed by atoms with E-state index >= 15 is 0 Å². The molecule has 0 unspecified atom stereocenters. The number of hydrogen-bond acceptors (Lipinski definition) is 6. The fourth-order valence-corrected chi connectivity index (χ4v) is 7.24. The molecule has 3 atom stereocenters. The van der Waals surface area contributed by atoms with Crippen molar-refractivity contribution in [1.82, 2.24) is 0 Å². The summed E-state index contributed by atoms with van der Waals surface area (Å²) in [6.07, 6.45) is 0.636. The molecule has 1 aliphatic carbocycles. The highest BCUT2D eigenvalue weighted by Crippen LogP contribution is 2.44. The first kappa shape index (κ1) is 31.0. The van der Waals surface area contributed by atoms with Crippen LogP contribution >= 0.6 is 15.9 Å². The maximum Gasteiger partial charge on any atom is 0.202 e. The van der Waals surface area contributed by atoms with Crippen molar-refractivity contribution in [3.05, 3.63) is 51.2 Å².